The average Bonchev–Trinajstić information content (AvgIpc) is 3.11. The molecule has 0 unspecified atom stereocenters. The maximum Gasteiger partial charge on any atom is 0.269 e. The topological polar surface area (TPSA) is 119 Å². The summed E-state index contributed by atoms with van der Waals surface area (Å²) in [7, 11) is 0. The van der Waals surface area contributed by atoms with Crippen LogP contribution < -0.4 is 5.32 Å². The van der Waals surface area contributed by atoms with Crippen LogP contribution in [0.3, 0.4) is 0 Å². The van der Waals surface area contributed by atoms with Gasteiger partial charge in [0.1, 0.15) is 12.3 Å². The Labute approximate surface area is 161 Å². The third-order valence-corrected chi connectivity index (χ3v) is 4.81. The zero-order chi connectivity index (χ0) is 20.1. The predicted molar refractivity (Wildman–Crippen MR) is 101 cm³/mol. The van der Waals surface area contributed by atoms with E-state index in [2.05, 4.69) is 10.5 Å². The van der Waals surface area contributed by atoms with E-state index in [1.807, 2.05) is 0 Å². The molecule has 0 radical (unpaired) electrons. The second-order valence-corrected chi connectivity index (χ2v) is 6.90. The maximum atomic E-state index is 13.1. The third kappa shape index (κ3) is 4.73. The van der Waals surface area contributed by atoms with Gasteiger partial charge in [-0.1, -0.05) is 24.4 Å². The van der Waals surface area contributed by atoms with Gasteiger partial charge >= 0.3 is 0 Å². The minimum atomic E-state index is -0.513. The molecule has 28 heavy (non-hydrogen) atoms. The molecule has 0 bridgehead atoms. The van der Waals surface area contributed by atoms with Crippen LogP contribution in [0.1, 0.15) is 48.2 Å². The van der Waals surface area contributed by atoms with E-state index >= 15 is 0 Å². The number of carbonyl (C=O) groups is 2. The SMILES string of the molecule is Cc1cc(NC(=O)CN(C(=O)c2ccc([N+](=O)[O-])cc2)C2CCCCC2)no1. The fraction of sp³-hybridized carbons (Fsp3) is 0.421. The van der Waals surface area contributed by atoms with Gasteiger partial charge in [0.2, 0.25) is 5.91 Å². The first-order valence-corrected chi connectivity index (χ1v) is 9.22. The molecule has 1 heterocycles. The van der Waals surface area contributed by atoms with Crippen LogP contribution >= 0.6 is 0 Å². The van der Waals surface area contributed by atoms with E-state index in [9.17, 15) is 19.7 Å². The molecule has 1 fully saturated rings. The number of non-ortho nitro benzene ring substituents is 1. The van der Waals surface area contributed by atoms with Crippen molar-refractivity contribution in [2.24, 2.45) is 0 Å². The fourth-order valence-corrected chi connectivity index (χ4v) is 3.41. The van der Waals surface area contributed by atoms with E-state index in [0.717, 1.165) is 32.1 Å². The lowest BCUT2D eigenvalue weighted by atomic mass is 9.93. The van der Waals surface area contributed by atoms with Gasteiger partial charge in [-0.15, -0.1) is 0 Å². The van der Waals surface area contributed by atoms with Crippen molar-refractivity contribution in [2.75, 3.05) is 11.9 Å². The lowest BCUT2D eigenvalue weighted by Crippen LogP contribution is -2.45. The monoisotopic (exact) mass is 386 g/mol. The zero-order valence-electron chi connectivity index (χ0n) is 15.6. The number of aromatic nitrogens is 1. The van der Waals surface area contributed by atoms with Crippen LogP contribution in [0.2, 0.25) is 0 Å². The van der Waals surface area contributed by atoms with Gasteiger partial charge in [0, 0.05) is 29.8 Å². The van der Waals surface area contributed by atoms with Gasteiger partial charge < -0.3 is 14.7 Å². The van der Waals surface area contributed by atoms with Crippen LogP contribution in [-0.4, -0.2) is 39.4 Å². The van der Waals surface area contributed by atoms with Crippen molar-refractivity contribution in [3.63, 3.8) is 0 Å². The second-order valence-electron chi connectivity index (χ2n) is 6.90. The molecule has 1 aromatic heterocycles. The number of benzene rings is 1. The minimum Gasteiger partial charge on any atom is -0.360 e. The Morgan fingerprint density at radius 3 is 2.50 bits per heavy atom. The Hall–Kier alpha value is -3.23. The van der Waals surface area contributed by atoms with E-state index in [1.165, 1.54) is 24.3 Å². The second kappa shape index (κ2) is 8.64. The molecule has 3 rings (SSSR count). The number of hydrogen-bond donors (Lipinski definition) is 1. The average molecular weight is 386 g/mol. The van der Waals surface area contributed by atoms with E-state index in [-0.39, 0.29) is 30.1 Å². The molecule has 1 aliphatic rings. The molecule has 2 amide bonds. The molecule has 9 heteroatoms. The number of nitro benzene ring substituents is 1. The van der Waals surface area contributed by atoms with Gasteiger partial charge in [0.05, 0.1) is 4.92 Å². The standard InChI is InChI=1S/C19H22N4O5/c1-13-11-17(21-28-13)20-18(24)12-22(15-5-3-2-4-6-15)19(25)14-7-9-16(10-8-14)23(26)27/h7-11,15H,2-6,12H2,1H3,(H,20,21,24). The van der Waals surface area contributed by atoms with Gasteiger partial charge in [-0.2, -0.15) is 0 Å². The van der Waals surface area contributed by atoms with Crippen LogP contribution in [0.5, 0.6) is 0 Å². The van der Waals surface area contributed by atoms with Crippen molar-refractivity contribution in [3.05, 3.63) is 51.8 Å². The predicted octanol–water partition coefficient (Wildman–Crippen LogP) is 3.30. The van der Waals surface area contributed by atoms with Gasteiger partial charge in [-0.25, -0.2) is 0 Å². The smallest absolute Gasteiger partial charge is 0.269 e. The molecular weight excluding hydrogens is 364 g/mol. The van der Waals surface area contributed by atoms with Crippen LogP contribution in [0, 0.1) is 17.0 Å². The normalized spacial score (nSPS) is 14.5. The molecule has 1 aliphatic carbocycles. The van der Waals surface area contributed by atoms with E-state index in [0.29, 0.717) is 17.1 Å². The largest absolute Gasteiger partial charge is 0.360 e. The molecule has 148 valence electrons. The number of nitrogens with one attached hydrogen (secondary N) is 1. The molecule has 0 spiro atoms. The lowest BCUT2D eigenvalue weighted by molar-refractivity contribution is -0.384. The fourth-order valence-electron chi connectivity index (χ4n) is 3.41. The van der Waals surface area contributed by atoms with Gasteiger partial charge in [0.25, 0.3) is 11.6 Å². The van der Waals surface area contributed by atoms with Crippen molar-refractivity contribution in [1.82, 2.24) is 10.1 Å². The van der Waals surface area contributed by atoms with Gasteiger partial charge in [-0.3, -0.25) is 19.7 Å². The number of rotatable bonds is 6. The Morgan fingerprint density at radius 2 is 1.93 bits per heavy atom. The summed E-state index contributed by atoms with van der Waals surface area (Å²) < 4.78 is 4.93. The zero-order valence-corrected chi connectivity index (χ0v) is 15.6. The number of nitro groups is 1. The summed E-state index contributed by atoms with van der Waals surface area (Å²) in [4.78, 5) is 37.4. The molecular formula is C19H22N4O5. The Morgan fingerprint density at radius 1 is 1.25 bits per heavy atom. The first kappa shape index (κ1) is 19.5. The summed E-state index contributed by atoms with van der Waals surface area (Å²) in [6.07, 6.45) is 4.77. The number of anilines is 1. The molecule has 2 aromatic rings. The highest BCUT2D eigenvalue weighted by Crippen LogP contribution is 2.25. The lowest BCUT2D eigenvalue weighted by Gasteiger charge is -2.34. The summed E-state index contributed by atoms with van der Waals surface area (Å²) in [6, 6.07) is 7.00. The van der Waals surface area contributed by atoms with Crippen molar-refractivity contribution in [2.45, 2.75) is 45.1 Å². The molecule has 1 N–H and O–H groups in total. The summed E-state index contributed by atoms with van der Waals surface area (Å²) in [5.74, 6) is 0.192. The molecule has 9 nitrogen and oxygen atoms in total. The Kier molecular flexibility index (Phi) is 6.03. The van der Waals surface area contributed by atoms with Crippen LogP contribution in [0.25, 0.3) is 0 Å². The van der Waals surface area contributed by atoms with Crippen LogP contribution in [0.15, 0.2) is 34.9 Å². The third-order valence-electron chi connectivity index (χ3n) is 4.81. The van der Waals surface area contributed by atoms with Crippen molar-refractivity contribution in [3.8, 4) is 0 Å². The molecule has 1 aromatic carbocycles. The van der Waals surface area contributed by atoms with Crippen molar-refractivity contribution < 1.29 is 19.0 Å². The first-order valence-electron chi connectivity index (χ1n) is 9.22. The molecule has 0 aliphatic heterocycles. The minimum absolute atomic E-state index is 0.0405. The number of carbonyl (C=O) groups excluding carboxylic acids is 2. The summed E-state index contributed by atoms with van der Waals surface area (Å²) in [5, 5.41) is 17.2. The van der Waals surface area contributed by atoms with E-state index < -0.39 is 4.92 Å². The number of nitrogens with zero attached hydrogens (tertiary/aromatic N) is 3. The molecule has 1 saturated carbocycles. The van der Waals surface area contributed by atoms with Crippen molar-refractivity contribution in [1.29, 1.82) is 0 Å². The van der Waals surface area contributed by atoms with Crippen LogP contribution in [0.4, 0.5) is 11.5 Å². The number of aryl methyl sites for hydroxylation is 1. The highest BCUT2D eigenvalue weighted by molar-refractivity contribution is 5.99. The van der Waals surface area contributed by atoms with Crippen LogP contribution in [-0.2, 0) is 4.79 Å². The van der Waals surface area contributed by atoms with E-state index in [1.54, 1.807) is 17.9 Å². The Bertz CT molecular complexity index is 855. The quantitative estimate of drug-likeness (QED) is 0.601. The summed E-state index contributed by atoms with van der Waals surface area (Å²) in [5.41, 5.74) is 0.237. The first-order chi connectivity index (χ1) is 13.4. The van der Waals surface area contributed by atoms with Gasteiger partial charge in [-0.05, 0) is 31.9 Å². The Balaban J connectivity index is 1.76. The van der Waals surface area contributed by atoms with Gasteiger partial charge in [0.15, 0.2) is 5.82 Å². The number of hydrogen-bond acceptors (Lipinski definition) is 6. The van der Waals surface area contributed by atoms with Crippen molar-refractivity contribution >= 4 is 23.3 Å². The molecule has 0 saturated heterocycles. The maximum absolute atomic E-state index is 13.1. The summed E-state index contributed by atoms with van der Waals surface area (Å²) in [6.45, 7) is 1.60. The highest BCUT2D eigenvalue weighted by atomic mass is 16.6. The van der Waals surface area contributed by atoms with E-state index in [4.69, 9.17) is 4.52 Å². The highest BCUT2D eigenvalue weighted by Gasteiger charge is 2.28. The molecule has 0 atom stereocenters. The summed E-state index contributed by atoms with van der Waals surface area (Å²) >= 11 is 0. The number of amides is 2.